The van der Waals surface area contributed by atoms with Crippen molar-refractivity contribution in [3.05, 3.63) is 16.1 Å². The van der Waals surface area contributed by atoms with Crippen molar-refractivity contribution in [2.75, 3.05) is 13.1 Å². The third kappa shape index (κ3) is 3.31. The Balaban J connectivity index is 2.67. The van der Waals surface area contributed by atoms with Crippen LogP contribution in [0.1, 0.15) is 15.5 Å². The average Bonchev–Trinajstić information content (AvgIpc) is 2.67. The van der Waals surface area contributed by atoms with E-state index in [1.54, 1.807) is 10.3 Å². The third-order valence-electron chi connectivity index (χ3n) is 1.71. The molecular formula is C9H8N4O2S. The molecule has 0 amide bonds. The van der Waals surface area contributed by atoms with E-state index in [0.717, 1.165) is 11.3 Å². The summed E-state index contributed by atoms with van der Waals surface area (Å²) in [6.45, 7) is 0.548. The predicted octanol–water partition coefficient (Wildman–Crippen LogP) is 0.690. The Bertz CT molecular complexity index is 441. The number of carboxylic acid groups (broad SMARTS) is 1. The van der Waals surface area contributed by atoms with Gasteiger partial charge in [-0.3, -0.25) is 4.90 Å². The number of nitrogens with zero attached hydrogens (tertiary/aromatic N) is 4. The van der Waals surface area contributed by atoms with Crippen LogP contribution < -0.4 is 0 Å². The van der Waals surface area contributed by atoms with Crippen LogP contribution in [-0.4, -0.2) is 34.0 Å². The number of aromatic nitrogens is 1. The molecule has 0 unspecified atom stereocenters. The summed E-state index contributed by atoms with van der Waals surface area (Å²) in [4.78, 5) is 16.0. The second-order valence-corrected chi connectivity index (χ2v) is 3.77. The highest BCUT2D eigenvalue weighted by molar-refractivity contribution is 7.11. The lowest BCUT2D eigenvalue weighted by Crippen LogP contribution is -2.24. The molecule has 1 N–H and O–H groups in total. The molecule has 0 atom stereocenters. The molecule has 16 heavy (non-hydrogen) atoms. The summed E-state index contributed by atoms with van der Waals surface area (Å²) in [6, 6.07) is 3.87. The number of rotatable bonds is 5. The summed E-state index contributed by atoms with van der Waals surface area (Å²) < 4.78 is 0. The van der Waals surface area contributed by atoms with Crippen LogP contribution in [0.5, 0.6) is 0 Å². The highest BCUT2D eigenvalue weighted by atomic mass is 32.1. The molecule has 7 heteroatoms. The Labute approximate surface area is 96.0 Å². The molecule has 1 aromatic rings. The fourth-order valence-corrected chi connectivity index (χ4v) is 1.72. The number of carboxylic acids is 1. The Morgan fingerprint density at radius 2 is 2.12 bits per heavy atom. The number of hydrogen-bond acceptors (Lipinski definition) is 6. The summed E-state index contributed by atoms with van der Waals surface area (Å²) in [5, 5.41) is 27.3. The quantitative estimate of drug-likeness (QED) is 0.755. The standard InChI is InChI=1S/C9H8N4O2S/c10-1-3-13(4-2-11)5-7-6-16-8(12-7)9(14)15/h6H,3-5H2,(H,14,15). The molecule has 0 saturated heterocycles. The zero-order valence-corrected chi connectivity index (χ0v) is 9.07. The monoisotopic (exact) mass is 236 g/mol. The normalized spacial score (nSPS) is 9.69. The van der Waals surface area contributed by atoms with E-state index in [1.807, 2.05) is 12.1 Å². The van der Waals surface area contributed by atoms with Crippen LogP contribution >= 0.6 is 11.3 Å². The summed E-state index contributed by atoms with van der Waals surface area (Å²) in [5.74, 6) is -1.07. The first-order chi connectivity index (χ1) is 7.67. The van der Waals surface area contributed by atoms with Gasteiger partial charge in [0.25, 0.3) is 0 Å². The zero-order valence-electron chi connectivity index (χ0n) is 8.25. The van der Waals surface area contributed by atoms with Crippen LogP contribution in [-0.2, 0) is 6.54 Å². The molecule has 0 aromatic carbocycles. The van der Waals surface area contributed by atoms with Gasteiger partial charge >= 0.3 is 5.97 Å². The lowest BCUT2D eigenvalue weighted by molar-refractivity contribution is 0.0696. The molecule has 0 fully saturated rings. The minimum absolute atomic E-state index is 0.0175. The summed E-state index contributed by atoms with van der Waals surface area (Å²) in [7, 11) is 0. The van der Waals surface area contributed by atoms with Gasteiger partial charge in [-0.05, 0) is 0 Å². The topological polar surface area (TPSA) is 101 Å². The second kappa shape index (κ2) is 5.81. The van der Waals surface area contributed by atoms with E-state index in [2.05, 4.69) is 4.98 Å². The molecule has 0 radical (unpaired) electrons. The van der Waals surface area contributed by atoms with Gasteiger partial charge in [0.15, 0.2) is 0 Å². The molecule has 0 bridgehead atoms. The maximum absolute atomic E-state index is 10.6. The van der Waals surface area contributed by atoms with Crippen molar-refractivity contribution in [3.8, 4) is 12.1 Å². The van der Waals surface area contributed by atoms with E-state index in [-0.39, 0.29) is 18.1 Å². The zero-order chi connectivity index (χ0) is 12.0. The Kier molecular flexibility index (Phi) is 4.40. The lowest BCUT2D eigenvalue weighted by Gasteiger charge is -2.12. The molecular weight excluding hydrogens is 228 g/mol. The molecule has 0 spiro atoms. The largest absolute Gasteiger partial charge is 0.476 e. The predicted molar refractivity (Wildman–Crippen MR) is 55.6 cm³/mol. The SMILES string of the molecule is N#CCN(CC#N)Cc1csc(C(=O)O)n1. The van der Waals surface area contributed by atoms with Crippen LogP contribution in [0.2, 0.25) is 0 Å². The molecule has 1 heterocycles. The first-order valence-corrected chi connectivity index (χ1v) is 5.19. The van der Waals surface area contributed by atoms with Gasteiger partial charge < -0.3 is 5.11 Å². The molecule has 6 nitrogen and oxygen atoms in total. The number of carbonyl (C=O) groups is 1. The molecule has 1 rings (SSSR count). The number of nitriles is 2. The van der Waals surface area contributed by atoms with Crippen molar-refractivity contribution in [2.45, 2.75) is 6.54 Å². The Morgan fingerprint density at radius 3 is 2.56 bits per heavy atom. The van der Waals surface area contributed by atoms with Crippen molar-refractivity contribution >= 4 is 17.3 Å². The minimum Gasteiger partial charge on any atom is -0.476 e. The molecule has 0 saturated carbocycles. The van der Waals surface area contributed by atoms with Gasteiger partial charge in [0.1, 0.15) is 0 Å². The van der Waals surface area contributed by atoms with Crippen LogP contribution in [0.4, 0.5) is 0 Å². The van der Waals surface area contributed by atoms with E-state index >= 15 is 0 Å². The lowest BCUT2D eigenvalue weighted by atomic mass is 10.4. The molecule has 82 valence electrons. The first-order valence-electron chi connectivity index (χ1n) is 4.31. The van der Waals surface area contributed by atoms with Crippen molar-refractivity contribution < 1.29 is 9.90 Å². The number of thiazole rings is 1. The second-order valence-electron chi connectivity index (χ2n) is 2.91. The van der Waals surface area contributed by atoms with Gasteiger partial charge in [-0.1, -0.05) is 0 Å². The van der Waals surface area contributed by atoms with E-state index in [4.69, 9.17) is 15.6 Å². The maximum atomic E-state index is 10.6. The van der Waals surface area contributed by atoms with Crippen molar-refractivity contribution in [1.82, 2.24) is 9.88 Å². The Hall–Kier alpha value is -1.96. The molecule has 1 aromatic heterocycles. The Morgan fingerprint density at radius 1 is 1.50 bits per heavy atom. The maximum Gasteiger partial charge on any atom is 0.365 e. The van der Waals surface area contributed by atoms with Crippen LogP contribution in [0.15, 0.2) is 5.38 Å². The first kappa shape index (κ1) is 12.1. The number of aromatic carboxylic acids is 1. The van der Waals surface area contributed by atoms with E-state index in [0.29, 0.717) is 12.2 Å². The van der Waals surface area contributed by atoms with Gasteiger partial charge in [-0.2, -0.15) is 10.5 Å². The highest BCUT2D eigenvalue weighted by Crippen LogP contribution is 2.11. The average molecular weight is 236 g/mol. The van der Waals surface area contributed by atoms with E-state index in [9.17, 15) is 4.79 Å². The van der Waals surface area contributed by atoms with Gasteiger partial charge in [-0.25, -0.2) is 9.78 Å². The van der Waals surface area contributed by atoms with Gasteiger partial charge in [0.05, 0.1) is 30.9 Å². The van der Waals surface area contributed by atoms with Crippen LogP contribution in [0, 0.1) is 22.7 Å². The van der Waals surface area contributed by atoms with Gasteiger partial charge in [0, 0.05) is 11.9 Å². The van der Waals surface area contributed by atoms with Gasteiger partial charge in [0.2, 0.25) is 5.01 Å². The van der Waals surface area contributed by atoms with Crippen molar-refractivity contribution in [2.24, 2.45) is 0 Å². The smallest absolute Gasteiger partial charge is 0.365 e. The molecule has 0 aliphatic heterocycles. The third-order valence-corrected chi connectivity index (χ3v) is 2.59. The summed E-state index contributed by atoms with van der Waals surface area (Å²) in [5.41, 5.74) is 0.563. The van der Waals surface area contributed by atoms with E-state index in [1.165, 1.54) is 0 Å². The summed E-state index contributed by atoms with van der Waals surface area (Å²) >= 11 is 1.03. The van der Waals surface area contributed by atoms with Crippen LogP contribution in [0.25, 0.3) is 0 Å². The number of hydrogen-bond donors (Lipinski definition) is 1. The van der Waals surface area contributed by atoms with E-state index < -0.39 is 5.97 Å². The van der Waals surface area contributed by atoms with Crippen molar-refractivity contribution in [3.63, 3.8) is 0 Å². The van der Waals surface area contributed by atoms with Gasteiger partial charge in [-0.15, -0.1) is 11.3 Å². The summed E-state index contributed by atoms with van der Waals surface area (Å²) in [6.07, 6.45) is 0. The minimum atomic E-state index is -1.07. The van der Waals surface area contributed by atoms with Crippen molar-refractivity contribution in [1.29, 1.82) is 10.5 Å². The fraction of sp³-hybridized carbons (Fsp3) is 0.333. The fourth-order valence-electron chi connectivity index (χ4n) is 1.07. The van der Waals surface area contributed by atoms with Crippen LogP contribution in [0.3, 0.4) is 0 Å². The highest BCUT2D eigenvalue weighted by Gasteiger charge is 2.11. The molecule has 0 aliphatic rings. The molecule has 0 aliphatic carbocycles.